The van der Waals surface area contributed by atoms with E-state index in [2.05, 4.69) is 62.2 Å². The molecule has 0 bridgehead atoms. The number of nitrogens with one attached hydrogen (secondary N) is 1. The fourth-order valence-corrected chi connectivity index (χ4v) is 4.08. The Balaban J connectivity index is 1.96. The lowest BCUT2D eigenvalue weighted by Crippen LogP contribution is -2.25. The van der Waals surface area contributed by atoms with Crippen molar-refractivity contribution in [2.45, 2.75) is 58.9 Å². The molecular formula is C20H27N5O2S. The minimum Gasteiger partial charge on any atom is -0.507 e. The maximum absolute atomic E-state index is 12.8. The zero-order valence-corrected chi connectivity index (χ0v) is 18.0. The number of amides is 1. The Labute approximate surface area is 169 Å². The van der Waals surface area contributed by atoms with E-state index < -0.39 is 0 Å². The van der Waals surface area contributed by atoms with Crippen LogP contribution in [-0.2, 0) is 22.2 Å². The molecule has 0 atom stereocenters. The van der Waals surface area contributed by atoms with Crippen molar-refractivity contribution < 1.29 is 9.90 Å². The Bertz CT molecular complexity index is 873. The zero-order chi connectivity index (χ0) is 20.7. The summed E-state index contributed by atoms with van der Waals surface area (Å²) in [7, 11) is 0. The largest absolute Gasteiger partial charge is 0.507 e. The molecular weight excluding hydrogens is 374 g/mol. The molecule has 1 aliphatic heterocycles. The maximum Gasteiger partial charge on any atom is 0.261 e. The fraction of sp³-hybridized carbons (Fsp3) is 0.500. The van der Waals surface area contributed by atoms with Crippen molar-refractivity contribution in [1.82, 2.24) is 25.5 Å². The molecule has 1 amide bonds. The summed E-state index contributed by atoms with van der Waals surface area (Å²) in [5.41, 5.74) is 2.26. The number of H-pyrrole nitrogens is 1. The molecule has 2 heterocycles. The maximum atomic E-state index is 12.8. The number of aromatic amines is 1. The first kappa shape index (κ1) is 20.4. The first-order valence-electron chi connectivity index (χ1n) is 9.21. The molecule has 1 fully saturated rings. The summed E-state index contributed by atoms with van der Waals surface area (Å²) >= 11 is 1.50. The van der Waals surface area contributed by atoms with Crippen LogP contribution in [0.25, 0.3) is 6.08 Å². The van der Waals surface area contributed by atoms with Crippen LogP contribution in [0, 0.1) is 0 Å². The van der Waals surface area contributed by atoms with E-state index in [0.29, 0.717) is 28.9 Å². The Morgan fingerprint density at radius 3 is 2.29 bits per heavy atom. The van der Waals surface area contributed by atoms with Crippen LogP contribution in [0.2, 0.25) is 0 Å². The Hall–Kier alpha value is -2.35. The van der Waals surface area contributed by atoms with Crippen LogP contribution in [-0.4, -0.2) is 42.4 Å². The molecule has 1 saturated heterocycles. The number of aromatic nitrogens is 4. The van der Waals surface area contributed by atoms with E-state index in [1.165, 1.54) is 11.8 Å². The Kier molecular flexibility index (Phi) is 5.27. The third kappa shape index (κ3) is 4.22. The average Bonchev–Trinajstić information content (AvgIpc) is 3.19. The van der Waals surface area contributed by atoms with Gasteiger partial charge in [0, 0.05) is 11.1 Å². The standard InChI is InChI=1S/C20H27N5O2S/c1-19(2,3)13-7-12(8-14(17(13)26)20(4,5)6)9-15-18(27)25(11-28-15)10-16-21-23-24-22-16/h7-9,26H,10-11H2,1-6H3,(H,21,22,23,24). The summed E-state index contributed by atoms with van der Waals surface area (Å²) in [6.07, 6.45) is 1.91. The van der Waals surface area contributed by atoms with Gasteiger partial charge in [0.15, 0.2) is 5.82 Å². The van der Waals surface area contributed by atoms with Gasteiger partial charge >= 0.3 is 0 Å². The van der Waals surface area contributed by atoms with Gasteiger partial charge < -0.3 is 10.0 Å². The first-order chi connectivity index (χ1) is 13.0. The summed E-state index contributed by atoms with van der Waals surface area (Å²) in [5, 5.41) is 24.5. The van der Waals surface area contributed by atoms with E-state index in [1.807, 2.05) is 18.2 Å². The summed E-state index contributed by atoms with van der Waals surface area (Å²) < 4.78 is 0. The van der Waals surface area contributed by atoms with Crippen LogP contribution in [0.15, 0.2) is 17.0 Å². The quantitative estimate of drug-likeness (QED) is 0.764. The van der Waals surface area contributed by atoms with Gasteiger partial charge in [0.1, 0.15) is 5.75 Å². The van der Waals surface area contributed by atoms with Crippen LogP contribution in [0.5, 0.6) is 5.75 Å². The van der Waals surface area contributed by atoms with Gasteiger partial charge in [0.2, 0.25) is 0 Å². The van der Waals surface area contributed by atoms with E-state index >= 15 is 0 Å². The van der Waals surface area contributed by atoms with Gasteiger partial charge in [-0.1, -0.05) is 53.3 Å². The molecule has 7 nitrogen and oxygen atoms in total. The number of carbonyl (C=O) groups excluding carboxylic acids is 1. The molecule has 150 valence electrons. The summed E-state index contributed by atoms with van der Waals surface area (Å²) in [4.78, 5) is 15.2. The van der Waals surface area contributed by atoms with Gasteiger partial charge in [-0.05, 0) is 45.0 Å². The minimum atomic E-state index is -0.212. The molecule has 0 saturated carbocycles. The molecule has 2 aromatic rings. The van der Waals surface area contributed by atoms with E-state index in [1.54, 1.807) is 4.90 Å². The number of tetrazole rings is 1. The van der Waals surface area contributed by atoms with Gasteiger partial charge in [-0.15, -0.1) is 5.10 Å². The van der Waals surface area contributed by atoms with Crippen molar-refractivity contribution in [2.24, 2.45) is 0 Å². The number of hydrogen-bond donors (Lipinski definition) is 2. The molecule has 1 aromatic heterocycles. The number of rotatable bonds is 3. The summed E-state index contributed by atoms with van der Waals surface area (Å²) in [5.74, 6) is 1.42. The van der Waals surface area contributed by atoms with Crippen LogP contribution >= 0.6 is 11.8 Å². The topological polar surface area (TPSA) is 95.0 Å². The smallest absolute Gasteiger partial charge is 0.261 e. The van der Waals surface area contributed by atoms with E-state index in [9.17, 15) is 9.90 Å². The molecule has 1 aromatic carbocycles. The number of thioether (sulfide) groups is 1. The van der Waals surface area contributed by atoms with Gasteiger partial charge in [-0.25, -0.2) is 5.10 Å². The number of phenolic OH excluding ortho intramolecular Hbond substituents is 1. The lowest BCUT2D eigenvalue weighted by atomic mass is 9.78. The molecule has 0 spiro atoms. The highest BCUT2D eigenvalue weighted by Crippen LogP contribution is 2.41. The Morgan fingerprint density at radius 2 is 1.79 bits per heavy atom. The normalized spacial score (nSPS) is 17.0. The van der Waals surface area contributed by atoms with Crippen LogP contribution < -0.4 is 0 Å². The van der Waals surface area contributed by atoms with Crippen molar-refractivity contribution in [3.8, 4) is 5.75 Å². The highest BCUT2D eigenvalue weighted by atomic mass is 32.2. The summed E-state index contributed by atoms with van der Waals surface area (Å²) in [6, 6.07) is 3.96. The minimum absolute atomic E-state index is 0.0379. The Morgan fingerprint density at radius 1 is 1.18 bits per heavy atom. The number of carbonyl (C=O) groups is 1. The molecule has 0 aliphatic carbocycles. The molecule has 28 heavy (non-hydrogen) atoms. The fourth-order valence-electron chi connectivity index (χ4n) is 3.11. The zero-order valence-electron chi connectivity index (χ0n) is 17.2. The predicted octanol–water partition coefficient (Wildman–Crippen LogP) is 3.57. The average molecular weight is 402 g/mol. The summed E-state index contributed by atoms with van der Waals surface area (Å²) in [6.45, 7) is 12.8. The lowest BCUT2D eigenvalue weighted by molar-refractivity contribution is -0.125. The van der Waals surface area contributed by atoms with Gasteiger partial charge in [-0.2, -0.15) is 0 Å². The third-order valence-corrected chi connectivity index (χ3v) is 5.69. The highest BCUT2D eigenvalue weighted by Gasteiger charge is 2.29. The molecule has 0 radical (unpaired) electrons. The molecule has 0 unspecified atom stereocenters. The van der Waals surface area contributed by atoms with E-state index in [4.69, 9.17) is 0 Å². The van der Waals surface area contributed by atoms with Crippen LogP contribution in [0.4, 0.5) is 0 Å². The first-order valence-corrected chi connectivity index (χ1v) is 10.2. The molecule has 8 heteroatoms. The second-order valence-corrected chi connectivity index (χ2v) is 10.1. The van der Waals surface area contributed by atoms with Crippen molar-refractivity contribution >= 4 is 23.7 Å². The lowest BCUT2D eigenvalue weighted by Gasteiger charge is -2.28. The molecule has 3 rings (SSSR count). The number of nitrogens with zero attached hydrogens (tertiary/aromatic N) is 4. The third-order valence-electron chi connectivity index (χ3n) is 4.65. The SMILES string of the molecule is CC(C)(C)c1cc(C=C2SCN(Cc3nnn[nH]3)C2=O)cc(C(C)(C)C)c1O. The second-order valence-electron chi connectivity index (χ2n) is 9.10. The van der Waals surface area contributed by atoms with Crippen molar-refractivity contribution in [2.75, 3.05) is 5.88 Å². The van der Waals surface area contributed by atoms with Gasteiger partial charge in [-0.3, -0.25) is 4.79 Å². The number of aromatic hydroxyl groups is 1. The molecule has 1 aliphatic rings. The molecule has 2 N–H and O–H groups in total. The predicted molar refractivity (Wildman–Crippen MR) is 111 cm³/mol. The number of benzene rings is 1. The monoisotopic (exact) mass is 401 g/mol. The van der Waals surface area contributed by atoms with Crippen LogP contribution in [0.1, 0.15) is 64.1 Å². The highest BCUT2D eigenvalue weighted by molar-refractivity contribution is 8.04. The van der Waals surface area contributed by atoms with Gasteiger partial charge in [0.05, 0.1) is 17.3 Å². The number of hydrogen-bond acceptors (Lipinski definition) is 6. The van der Waals surface area contributed by atoms with Crippen LogP contribution in [0.3, 0.4) is 0 Å². The van der Waals surface area contributed by atoms with E-state index in [-0.39, 0.29) is 16.7 Å². The van der Waals surface area contributed by atoms with Gasteiger partial charge in [0.25, 0.3) is 5.91 Å². The van der Waals surface area contributed by atoms with Crippen molar-refractivity contribution in [1.29, 1.82) is 0 Å². The van der Waals surface area contributed by atoms with Crippen molar-refractivity contribution in [3.63, 3.8) is 0 Å². The van der Waals surface area contributed by atoms with E-state index in [0.717, 1.165) is 16.7 Å². The van der Waals surface area contributed by atoms with Crippen molar-refractivity contribution in [3.05, 3.63) is 39.6 Å². The second kappa shape index (κ2) is 7.24. The number of phenols is 1.